The molecule has 3 heteroatoms. The van der Waals surface area contributed by atoms with E-state index in [0.717, 1.165) is 19.5 Å². The third-order valence-electron chi connectivity index (χ3n) is 3.60. The van der Waals surface area contributed by atoms with Crippen LogP contribution in [0.3, 0.4) is 0 Å². The molecule has 1 aromatic rings. The van der Waals surface area contributed by atoms with E-state index < -0.39 is 0 Å². The molecule has 0 radical (unpaired) electrons. The first-order chi connectivity index (χ1) is 9.16. The Morgan fingerprint density at radius 2 is 2.21 bits per heavy atom. The van der Waals surface area contributed by atoms with Gasteiger partial charge in [0.2, 0.25) is 0 Å². The minimum absolute atomic E-state index is 0.243. The zero-order valence-corrected chi connectivity index (χ0v) is 12.1. The lowest BCUT2D eigenvalue weighted by Crippen LogP contribution is -2.28. The molecule has 1 aliphatic rings. The van der Waals surface area contributed by atoms with Crippen molar-refractivity contribution in [1.29, 1.82) is 0 Å². The van der Waals surface area contributed by atoms with E-state index in [1.807, 2.05) is 0 Å². The lowest BCUT2D eigenvalue weighted by Gasteiger charge is -2.22. The molecule has 19 heavy (non-hydrogen) atoms. The maximum Gasteiger partial charge on any atom is 0.0667 e. The predicted octanol–water partition coefficient (Wildman–Crippen LogP) is 2.54. The Bertz CT molecular complexity index is 404. The van der Waals surface area contributed by atoms with Crippen LogP contribution in [0.4, 0.5) is 5.69 Å². The van der Waals surface area contributed by atoms with Gasteiger partial charge in [0.15, 0.2) is 0 Å². The first kappa shape index (κ1) is 14.4. The molecule has 0 saturated carbocycles. The molecule has 0 aromatic heterocycles. The smallest absolute Gasteiger partial charge is 0.0667 e. The van der Waals surface area contributed by atoms with E-state index in [0.29, 0.717) is 12.5 Å². The quantitative estimate of drug-likeness (QED) is 0.738. The van der Waals surface area contributed by atoms with E-state index in [4.69, 9.17) is 0 Å². The Morgan fingerprint density at radius 1 is 1.37 bits per heavy atom. The molecule has 0 amide bonds. The van der Waals surface area contributed by atoms with E-state index >= 15 is 0 Å². The van der Waals surface area contributed by atoms with E-state index in [1.165, 1.54) is 29.7 Å². The minimum atomic E-state index is -0.243. The van der Waals surface area contributed by atoms with Gasteiger partial charge in [-0.05, 0) is 36.3 Å². The SMILES string of the molecule is CC(C)CC(O)CNCc1cccc2c1NCCC2. The van der Waals surface area contributed by atoms with Crippen LogP contribution in [0, 0.1) is 5.92 Å². The van der Waals surface area contributed by atoms with Gasteiger partial charge in [-0.2, -0.15) is 0 Å². The Kier molecular flexibility index (Phi) is 5.23. The zero-order valence-electron chi connectivity index (χ0n) is 12.1. The van der Waals surface area contributed by atoms with Gasteiger partial charge in [0.25, 0.3) is 0 Å². The van der Waals surface area contributed by atoms with E-state index in [9.17, 15) is 5.11 Å². The van der Waals surface area contributed by atoms with Crippen molar-refractivity contribution in [3.8, 4) is 0 Å². The van der Waals surface area contributed by atoms with Gasteiger partial charge >= 0.3 is 0 Å². The number of aryl methyl sites for hydroxylation is 1. The second-order valence-corrected chi connectivity index (χ2v) is 5.90. The number of benzene rings is 1. The molecule has 1 aromatic carbocycles. The molecular weight excluding hydrogens is 236 g/mol. The Morgan fingerprint density at radius 3 is 3.00 bits per heavy atom. The van der Waals surface area contributed by atoms with Crippen LogP contribution in [0.1, 0.15) is 37.8 Å². The van der Waals surface area contributed by atoms with E-state index in [1.54, 1.807) is 0 Å². The fraction of sp³-hybridized carbons (Fsp3) is 0.625. The fourth-order valence-electron chi connectivity index (χ4n) is 2.73. The molecule has 0 aliphatic carbocycles. The number of anilines is 1. The maximum atomic E-state index is 9.86. The number of nitrogens with one attached hydrogen (secondary N) is 2. The molecule has 2 rings (SSSR count). The lowest BCUT2D eigenvalue weighted by atomic mass is 9.99. The average molecular weight is 262 g/mol. The fourth-order valence-corrected chi connectivity index (χ4v) is 2.73. The average Bonchev–Trinajstić information content (AvgIpc) is 2.38. The van der Waals surface area contributed by atoms with Crippen LogP contribution in [-0.2, 0) is 13.0 Å². The van der Waals surface area contributed by atoms with Crippen molar-refractivity contribution in [2.75, 3.05) is 18.4 Å². The van der Waals surface area contributed by atoms with Gasteiger partial charge in [-0.15, -0.1) is 0 Å². The lowest BCUT2D eigenvalue weighted by molar-refractivity contribution is 0.146. The largest absolute Gasteiger partial charge is 0.392 e. The van der Waals surface area contributed by atoms with Crippen molar-refractivity contribution < 1.29 is 5.11 Å². The number of aliphatic hydroxyl groups is 1. The number of rotatable bonds is 6. The highest BCUT2D eigenvalue weighted by molar-refractivity contribution is 5.59. The summed E-state index contributed by atoms with van der Waals surface area (Å²) in [4.78, 5) is 0. The van der Waals surface area contributed by atoms with Gasteiger partial charge in [0, 0.05) is 25.3 Å². The van der Waals surface area contributed by atoms with Gasteiger partial charge in [-0.3, -0.25) is 0 Å². The summed E-state index contributed by atoms with van der Waals surface area (Å²) in [5.74, 6) is 0.544. The summed E-state index contributed by atoms with van der Waals surface area (Å²) >= 11 is 0. The Balaban J connectivity index is 1.86. The first-order valence-corrected chi connectivity index (χ1v) is 7.40. The standard InChI is InChI=1S/C16H26N2O/c1-12(2)9-15(19)11-17-10-14-6-3-5-13-7-4-8-18-16(13)14/h3,5-6,12,15,17-19H,4,7-11H2,1-2H3. The molecule has 0 bridgehead atoms. The Labute approximate surface area is 116 Å². The molecule has 1 heterocycles. The molecule has 3 N–H and O–H groups in total. The van der Waals surface area contributed by atoms with Crippen LogP contribution in [0.15, 0.2) is 18.2 Å². The monoisotopic (exact) mass is 262 g/mol. The summed E-state index contributed by atoms with van der Waals surface area (Å²) in [6.45, 7) is 6.84. The molecule has 1 aliphatic heterocycles. The van der Waals surface area contributed by atoms with Crippen LogP contribution in [0.25, 0.3) is 0 Å². The number of hydrogen-bond acceptors (Lipinski definition) is 3. The molecule has 106 valence electrons. The van der Waals surface area contributed by atoms with Crippen LogP contribution in [0.5, 0.6) is 0 Å². The summed E-state index contributed by atoms with van der Waals surface area (Å²) in [5.41, 5.74) is 4.04. The summed E-state index contributed by atoms with van der Waals surface area (Å²) in [5, 5.41) is 16.7. The number of hydrogen-bond donors (Lipinski definition) is 3. The Hall–Kier alpha value is -1.06. The summed E-state index contributed by atoms with van der Waals surface area (Å²) in [6, 6.07) is 6.50. The molecule has 0 spiro atoms. The van der Waals surface area contributed by atoms with E-state index in [2.05, 4.69) is 42.7 Å². The molecular formula is C16H26N2O. The summed E-state index contributed by atoms with van der Waals surface area (Å²) in [6.07, 6.45) is 3.01. The topological polar surface area (TPSA) is 44.3 Å². The summed E-state index contributed by atoms with van der Waals surface area (Å²) < 4.78 is 0. The summed E-state index contributed by atoms with van der Waals surface area (Å²) in [7, 11) is 0. The number of para-hydroxylation sites is 1. The number of fused-ring (bicyclic) bond motifs is 1. The van der Waals surface area contributed by atoms with Crippen LogP contribution in [-0.4, -0.2) is 24.3 Å². The van der Waals surface area contributed by atoms with Crippen LogP contribution in [0.2, 0.25) is 0 Å². The third-order valence-corrected chi connectivity index (χ3v) is 3.60. The highest BCUT2D eigenvalue weighted by Crippen LogP contribution is 2.25. The molecule has 0 saturated heterocycles. The van der Waals surface area contributed by atoms with Gasteiger partial charge in [0.05, 0.1) is 6.10 Å². The van der Waals surface area contributed by atoms with Crippen molar-refractivity contribution in [2.45, 2.75) is 45.8 Å². The van der Waals surface area contributed by atoms with Crippen LogP contribution < -0.4 is 10.6 Å². The third kappa shape index (κ3) is 4.22. The van der Waals surface area contributed by atoms with Gasteiger partial charge in [0.1, 0.15) is 0 Å². The van der Waals surface area contributed by atoms with Crippen molar-refractivity contribution in [2.24, 2.45) is 5.92 Å². The van der Waals surface area contributed by atoms with Gasteiger partial charge in [-0.25, -0.2) is 0 Å². The van der Waals surface area contributed by atoms with Crippen molar-refractivity contribution in [3.05, 3.63) is 29.3 Å². The van der Waals surface area contributed by atoms with Gasteiger partial charge in [-0.1, -0.05) is 32.0 Å². The van der Waals surface area contributed by atoms with Gasteiger partial charge < -0.3 is 15.7 Å². The molecule has 1 atom stereocenters. The molecule has 0 fully saturated rings. The highest BCUT2D eigenvalue weighted by atomic mass is 16.3. The van der Waals surface area contributed by atoms with Crippen molar-refractivity contribution >= 4 is 5.69 Å². The first-order valence-electron chi connectivity index (χ1n) is 7.40. The minimum Gasteiger partial charge on any atom is -0.392 e. The zero-order chi connectivity index (χ0) is 13.7. The predicted molar refractivity (Wildman–Crippen MR) is 80.4 cm³/mol. The highest BCUT2D eigenvalue weighted by Gasteiger charge is 2.12. The molecule has 1 unspecified atom stereocenters. The number of aliphatic hydroxyl groups excluding tert-OH is 1. The maximum absolute atomic E-state index is 9.86. The van der Waals surface area contributed by atoms with Crippen molar-refractivity contribution in [1.82, 2.24) is 5.32 Å². The van der Waals surface area contributed by atoms with Crippen LogP contribution >= 0.6 is 0 Å². The second-order valence-electron chi connectivity index (χ2n) is 5.90. The van der Waals surface area contributed by atoms with E-state index in [-0.39, 0.29) is 6.10 Å². The van der Waals surface area contributed by atoms with Crippen molar-refractivity contribution in [3.63, 3.8) is 0 Å². The second kappa shape index (κ2) is 6.92. The normalized spacial score (nSPS) is 16.0. The molecule has 3 nitrogen and oxygen atoms in total.